The van der Waals surface area contributed by atoms with Gasteiger partial charge >= 0.3 is 0 Å². The van der Waals surface area contributed by atoms with E-state index in [1.165, 1.54) is 58.7 Å². The van der Waals surface area contributed by atoms with Crippen molar-refractivity contribution in [2.75, 3.05) is 45.8 Å². The minimum atomic E-state index is 0.958. The smallest absolute Gasteiger partial charge is 0.0107 e. The van der Waals surface area contributed by atoms with E-state index in [-0.39, 0.29) is 0 Å². The van der Waals surface area contributed by atoms with Gasteiger partial charge in [0.05, 0.1) is 0 Å². The Morgan fingerprint density at radius 1 is 0.933 bits per heavy atom. The maximum Gasteiger partial charge on any atom is 0.0107 e. The van der Waals surface area contributed by atoms with Crippen LogP contribution in [-0.2, 0) is 0 Å². The number of hydrogen-bond acceptors (Lipinski definition) is 3. The first-order valence-electron chi connectivity index (χ1n) is 6.59. The Kier molecular flexibility index (Phi) is 6.98. The third-order valence-electron chi connectivity index (χ3n) is 3.18. The average Bonchev–Trinajstić information content (AvgIpc) is 2.34. The fourth-order valence-electron chi connectivity index (χ4n) is 2.32. The van der Waals surface area contributed by atoms with Crippen LogP contribution in [0.2, 0.25) is 0 Å². The predicted octanol–water partition coefficient (Wildman–Crippen LogP) is 0.917. The van der Waals surface area contributed by atoms with Crippen molar-refractivity contribution >= 4 is 0 Å². The molecule has 0 atom stereocenters. The molecule has 0 aromatic heterocycles. The highest BCUT2D eigenvalue weighted by molar-refractivity contribution is 4.75. The highest BCUT2D eigenvalue weighted by atomic mass is 15.2. The molecule has 2 aliphatic heterocycles. The number of nitrogens with one attached hydrogen (secondary N) is 2. The Bertz CT molecular complexity index is 122. The Morgan fingerprint density at radius 2 is 1.47 bits per heavy atom. The summed E-state index contributed by atoms with van der Waals surface area (Å²) in [5.74, 6) is 0.958. The first-order valence-corrected chi connectivity index (χ1v) is 6.59. The van der Waals surface area contributed by atoms with Crippen LogP contribution < -0.4 is 10.6 Å². The molecule has 3 nitrogen and oxygen atoms in total. The van der Waals surface area contributed by atoms with E-state index in [1.807, 2.05) is 13.8 Å². The lowest BCUT2D eigenvalue weighted by atomic mass is 9.97. The maximum absolute atomic E-state index is 3.42. The van der Waals surface area contributed by atoms with Gasteiger partial charge in [0.1, 0.15) is 0 Å². The predicted molar refractivity (Wildman–Crippen MR) is 66.3 cm³/mol. The highest BCUT2D eigenvalue weighted by Gasteiger charge is 2.17. The second kappa shape index (κ2) is 8.08. The average molecular weight is 213 g/mol. The number of piperazine rings is 1. The molecule has 0 bridgehead atoms. The van der Waals surface area contributed by atoms with Crippen molar-refractivity contribution in [1.29, 1.82) is 0 Å². The molecule has 0 unspecified atom stereocenters. The van der Waals surface area contributed by atoms with Gasteiger partial charge in [-0.1, -0.05) is 13.8 Å². The number of hydrogen-bond donors (Lipinski definition) is 2. The summed E-state index contributed by atoms with van der Waals surface area (Å²) in [7, 11) is 0. The molecule has 2 fully saturated rings. The Balaban J connectivity index is 0.000000531. The Morgan fingerprint density at radius 3 is 2.07 bits per heavy atom. The topological polar surface area (TPSA) is 27.3 Å². The number of piperidine rings is 1. The molecule has 3 heteroatoms. The molecule has 0 amide bonds. The molecule has 0 radical (unpaired) electrons. The first-order chi connectivity index (χ1) is 7.45. The molecule has 90 valence electrons. The molecule has 0 aromatic rings. The van der Waals surface area contributed by atoms with Crippen LogP contribution in [0.4, 0.5) is 0 Å². The summed E-state index contributed by atoms with van der Waals surface area (Å²) in [4.78, 5) is 2.62. The molecule has 2 saturated heterocycles. The lowest BCUT2D eigenvalue weighted by Crippen LogP contribution is -2.46. The van der Waals surface area contributed by atoms with Crippen molar-refractivity contribution in [3.05, 3.63) is 0 Å². The van der Waals surface area contributed by atoms with E-state index in [0.717, 1.165) is 5.92 Å². The van der Waals surface area contributed by atoms with Gasteiger partial charge in [-0.2, -0.15) is 0 Å². The Labute approximate surface area is 94.6 Å². The van der Waals surface area contributed by atoms with Crippen LogP contribution in [0.25, 0.3) is 0 Å². The molecule has 2 N–H and O–H groups in total. The van der Waals surface area contributed by atoms with Gasteiger partial charge in [0, 0.05) is 32.7 Å². The summed E-state index contributed by atoms with van der Waals surface area (Å²) in [6.07, 6.45) is 2.76. The lowest BCUT2D eigenvalue weighted by molar-refractivity contribution is 0.186. The van der Waals surface area contributed by atoms with E-state index in [2.05, 4.69) is 15.5 Å². The summed E-state index contributed by atoms with van der Waals surface area (Å²) in [6, 6.07) is 0. The lowest BCUT2D eigenvalue weighted by Gasteiger charge is -2.32. The van der Waals surface area contributed by atoms with Crippen molar-refractivity contribution in [3.8, 4) is 0 Å². The van der Waals surface area contributed by atoms with Crippen LogP contribution in [0.5, 0.6) is 0 Å². The summed E-state index contributed by atoms with van der Waals surface area (Å²) in [6.45, 7) is 12.7. The minimum absolute atomic E-state index is 0.958. The molecule has 2 rings (SSSR count). The van der Waals surface area contributed by atoms with Gasteiger partial charge in [-0.3, -0.25) is 0 Å². The zero-order valence-corrected chi connectivity index (χ0v) is 10.4. The van der Waals surface area contributed by atoms with Crippen molar-refractivity contribution in [2.24, 2.45) is 5.92 Å². The molecule has 2 aliphatic rings. The van der Waals surface area contributed by atoms with Crippen LogP contribution in [0.3, 0.4) is 0 Å². The van der Waals surface area contributed by atoms with Gasteiger partial charge in [-0.25, -0.2) is 0 Å². The molecular weight excluding hydrogens is 186 g/mol. The summed E-state index contributed by atoms with van der Waals surface area (Å²) < 4.78 is 0. The standard InChI is InChI=1S/C10H21N3.C2H6/c1-3-11-4-2-10(1)9-13-7-5-12-6-8-13;1-2/h10-12H,1-9H2;1-2H3. The molecule has 0 saturated carbocycles. The summed E-state index contributed by atoms with van der Waals surface area (Å²) in [5.41, 5.74) is 0. The largest absolute Gasteiger partial charge is 0.317 e. The van der Waals surface area contributed by atoms with E-state index in [4.69, 9.17) is 0 Å². The second-order valence-corrected chi connectivity index (χ2v) is 4.24. The highest BCUT2D eigenvalue weighted by Crippen LogP contribution is 2.13. The zero-order chi connectivity index (χ0) is 10.9. The molecule has 15 heavy (non-hydrogen) atoms. The van der Waals surface area contributed by atoms with Crippen LogP contribution in [-0.4, -0.2) is 50.7 Å². The summed E-state index contributed by atoms with van der Waals surface area (Å²) >= 11 is 0. The van der Waals surface area contributed by atoms with Gasteiger partial charge < -0.3 is 15.5 Å². The Hall–Kier alpha value is -0.120. The molecule has 0 aromatic carbocycles. The van der Waals surface area contributed by atoms with Crippen molar-refractivity contribution in [3.63, 3.8) is 0 Å². The number of rotatable bonds is 2. The van der Waals surface area contributed by atoms with Crippen molar-refractivity contribution in [1.82, 2.24) is 15.5 Å². The van der Waals surface area contributed by atoms with Crippen LogP contribution in [0, 0.1) is 5.92 Å². The molecular formula is C12H27N3. The molecule has 2 heterocycles. The quantitative estimate of drug-likeness (QED) is 0.714. The molecule has 0 spiro atoms. The third kappa shape index (κ3) is 4.96. The van der Waals surface area contributed by atoms with Crippen LogP contribution >= 0.6 is 0 Å². The van der Waals surface area contributed by atoms with Crippen LogP contribution in [0.15, 0.2) is 0 Å². The van der Waals surface area contributed by atoms with E-state index in [1.54, 1.807) is 0 Å². The molecule has 0 aliphatic carbocycles. The van der Waals surface area contributed by atoms with Gasteiger partial charge in [0.25, 0.3) is 0 Å². The van der Waals surface area contributed by atoms with Gasteiger partial charge in [-0.15, -0.1) is 0 Å². The minimum Gasteiger partial charge on any atom is -0.317 e. The fourth-order valence-corrected chi connectivity index (χ4v) is 2.32. The van der Waals surface area contributed by atoms with Gasteiger partial charge in [-0.05, 0) is 31.8 Å². The summed E-state index contributed by atoms with van der Waals surface area (Å²) in [5, 5.41) is 6.82. The van der Waals surface area contributed by atoms with Gasteiger partial charge in [0.2, 0.25) is 0 Å². The van der Waals surface area contributed by atoms with Crippen LogP contribution in [0.1, 0.15) is 26.7 Å². The SMILES string of the molecule is C1CC(CN2CCNCC2)CCN1.CC. The fraction of sp³-hybridized carbons (Fsp3) is 1.00. The maximum atomic E-state index is 3.42. The van der Waals surface area contributed by atoms with Crippen molar-refractivity contribution < 1.29 is 0 Å². The monoisotopic (exact) mass is 213 g/mol. The van der Waals surface area contributed by atoms with E-state index < -0.39 is 0 Å². The van der Waals surface area contributed by atoms with E-state index in [0.29, 0.717) is 0 Å². The van der Waals surface area contributed by atoms with E-state index >= 15 is 0 Å². The number of nitrogens with zero attached hydrogens (tertiary/aromatic N) is 1. The van der Waals surface area contributed by atoms with Crippen molar-refractivity contribution in [2.45, 2.75) is 26.7 Å². The normalized spacial score (nSPS) is 24.4. The van der Waals surface area contributed by atoms with Gasteiger partial charge in [0.15, 0.2) is 0 Å². The second-order valence-electron chi connectivity index (χ2n) is 4.24. The van der Waals surface area contributed by atoms with E-state index in [9.17, 15) is 0 Å². The first kappa shape index (κ1) is 12.9. The third-order valence-corrected chi connectivity index (χ3v) is 3.18. The zero-order valence-electron chi connectivity index (χ0n) is 10.4.